The van der Waals surface area contributed by atoms with Crippen LogP contribution in [0.2, 0.25) is 0 Å². The van der Waals surface area contributed by atoms with Crippen LogP contribution in [0.25, 0.3) is 0 Å². The molecule has 13 heavy (non-hydrogen) atoms. The van der Waals surface area contributed by atoms with Gasteiger partial charge >= 0.3 is 5.97 Å². The van der Waals surface area contributed by atoms with Gasteiger partial charge in [-0.3, -0.25) is 0 Å². The molecule has 0 saturated heterocycles. The first-order valence-corrected chi connectivity index (χ1v) is 3.67. The van der Waals surface area contributed by atoms with Crippen LogP contribution in [0, 0.1) is 0 Å². The Morgan fingerprint density at radius 3 is 2.85 bits per heavy atom. The van der Waals surface area contributed by atoms with Crippen molar-refractivity contribution in [2.45, 2.75) is 6.61 Å². The fraction of sp³-hybridized carbons (Fsp3) is 0.375. The molecule has 0 atom stereocenters. The van der Waals surface area contributed by atoms with Crippen molar-refractivity contribution in [3.05, 3.63) is 17.3 Å². The van der Waals surface area contributed by atoms with E-state index in [1.54, 1.807) is 0 Å². The highest BCUT2D eigenvalue weighted by Gasteiger charge is 2.16. The lowest BCUT2D eigenvalue weighted by Crippen LogP contribution is -2.03. The summed E-state index contributed by atoms with van der Waals surface area (Å²) in [6, 6.07) is 0. The lowest BCUT2D eigenvalue weighted by Gasteiger charge is -2.00. The third-order valence-electron chi connectivity index (χ3n) is 1.66. The number of methoxy groups -OCH3 is 2. The normalized spacial score (nSPS) is 10.0. The van der Waals surface area contributed by atoms with Gasteiger partial charge in [0.2, 0.25) is 0 Å². The van der Waals surface area contributed by atoms with Crippen molar-refractivity contribution in [2.24, 2.45) is 0 Å². The Labute approximate surface area is 75.3 Å². The molecule has 0 radical (unpaired) electrons. The van der Waals surface area contributed by atoms with Crippen LogP contribution >= 0.6 is 0 Å². The highest BCUT2D eigenvalue weighted by atomic mass is 16.5. The quantitative estimate of drug-likeness (QED) is 0.678. The number of hydrogen-bond acceptors (Lipinski definition) is 4. The molecule has 0 spiro atoms. The fourth-order valence-electron chi connectivity index (χ4n) is 1.02. The number of hydrogen-bond donors (Lipinski definition) is 2. The third-order valence-corrected chi connectivity index (χ3v) is 1.66. The number of nitrogens with one attached hydrogen (secondary N) is 1. The summed E-state index contributed by atoms with van der Waals surface area (Å²) in [7, 11) is 2.76. The summed E-state index contributed by atoms with van der Waals surface area (Å²) >= 11 is 0. The zero-order valence-corrected chi connectivity index (χ0v) is 7.46. The maximum Gasteiger partial charge on any atom is 0.339 e. The van der Waals surface area contributed by atoms with E-state index in [0.29, 0.717) is 11.1 Å². The minimum absolute atomic E-state index is 0.0674. The van der Waals surface area contributed by atoms with Gasteiger partial charge in [0.05, 0.1) is 24.8 Å². The molecule has 0 saturated carbocycles. The van der Waals surface area contributed by atoms with Crippen molar-refractivity contribution < 1.29 is 19.4 Å². The van der Waals surface area contributed by atoms with E-state index in [1.165, 1.54) is 20.4 Å². The van der Waals surface area contributed by atoms with Crippen molar-refractivity contribution in [2.75, 3.05) is 14.2 Å². The molecular weight excluding hydrogens is 174 g/mol. The van der Waals surface area contributed by atoms with E-state index in [9.17, 15) is 9.90 Å². The van der Waals surface area contributed by atoms with E-state index < -0.39 is 5.97 Å². The molecule has 0 bridgehead atoms. The molecule has 1 aromatic rings. The number of carbonyl (C=O) groups is 1. The Morgan fingerprint density at radius 2 is 2.31 bits per heavy atom. The largest absolute Gasteiger partial charge is 0.494 e. The number of aromatic nitrogens is 1. The van der Waals surface area contributed by atoms with Crippen molar-refractivity contribution >= 4 is 5.97 Å². The lowest BCUT2D eigenvalue weighted by molar-refractivity contribution is 0.0596. The summed E-state index contributed by atoms with van der Waals surface area (Å²) in [4.78, 5) is 13.6. The van der Waals surface area contributed by atoms with Crippen molar-refractivity contribution in [3.8, 4) is 5.88 Å². The molecule has 0 aliphatic rings. The van der Waals surface area contributed by atoms with Gasteiger partial charge in [-0.05, 0) is 0 Å². The predicted molar refractivity (Wildman–Crippen MR) is 44.5 cm³/mol. The fourth-order valence-corrected chi connectivity index (χ4v) is 1.02. The third kappa shape index (κ3) is 1.81. The van der Waals surface area contributed by atoms with Gasteiger partial charge in [-0.1, -0.05) is 0 Å². The van der Waals surface area contributed by atoms with Gasteiger partial charge in [0.25, 0.3) is 0 Å². The monoisotopic (exact) mass is 185 g/mol. The molecule has 0 aromatic carbocycles. The van der Waals surface area contributed by atoms with Gasteiger partial charge < -0.3 is 19.6 Å². The Hall–Kier alpha value is -1.49. The van der Waals surface area contributed by atoms with Crippen LogP contribution in [0.4, 0.5) is 0 Å². The SMILES string of the molecule is COCc1c(C(=O)OC)c[nH]c1O. The molecule has 0 unspecified atom stereocenters. The molecule has 5 nitrogen and oxygen atoms in total. The average molecular weight is 185 g/mol. The van der Waals surface area contributed by atoms with Crippen LogP contribution in [-0.2, 0) is 16.1 Å². The predicted octanol–water partition coefficient (Wildman–Crippen LogP) is 0.653. The van der Waals surface area contributed by atoms with Gasteiger partial charge in [-0.25, -0.2) is 4.79 Å². The molecule has 0 aliphatic carbocycles. The van der Waals surface area contributed by atoms with Gasteiger partial charge in [0.1, 0.15) is 0 Å². The Kier molecular flexibility index (Phi) is 2.92. The number of ether oxygens (including phenoxy) is 2. The first-order valence-electron chi connectivity index (χ1n) is 3.67. The Bertz CT molecular complexity index is 305. The molecular formula is C8H11NO4. The zero-order valence-electron chi connectivity index (χ0n) is 7.46. The Balaban J connectivity index is 2.99. The van der Waals surface area contributed by atoms with Gasteiger partial charge in [0, 0.05) is 13.3 Å². The molecule has 1 aromatic heterocycles. The van der Waals surface area contributed by atoms with E-state index in [2.05, 4.69) is 9.72 Å². The van der Waals surface area contributed by atoms with E-state index in [1.807, 2.05) is 0 Å². The van der Waals surface area contributed by atoms with Crippen LogP contribution in [0.15, 0.2) is 6.20 Å². The van der Waals surface area contributed by atoms with Crippen LogP contribution in [0.5, 0.6) is 5.88 Å². The highest BCUT2D eigenvalue weighted by Crippen LogP contribution is 2.21. The highest BCUT2D eigenvalue weighted by molar-refractivity contribution is 5.91. The summed E-state index contributed by atoms with van der Waals surface area (Å²) < 4.78 is 9.33. The van der Waals surface area contributed by atoms with Gasteiger partial charge in [0.15, 0.2) is 5.88 Å². The first kappa shape index (κ1) is 9.60. The maximum absolute atomic E-state index is 11.1. The number of carbonyl (C=O) groups excluding carboxylic acids is 1. The van der Waals surface area contributed by atoms with E-state index >= 15 is 0 Å². The summed E-state index contributed by atoms with van der Waals surface area (Å²) in [5.41, 5.74) is 0.705. The van der Waals surface area contributed by atoms with Crippen molar-refractivity contribution in [3.63, 3.8) is 0 Å². The van der Waals surface area contributed by atoms with Crippen LogP contribution in [0.1, 0.15) is 15.9 Å². The summed E-state index contributed by atoms with van der Waals surface area (Å²) in [5, 5.41) is 9.26. The molecule has 0 aliphatic heterocycles. The summed E-state index contributed by atoms with van der Waals surface area (Å²) in [6.45, 7) is 0.166. The minimum Gasteiger partial charge on any atom is -0.494 e. The molecule has 72 valence electrons. The van der Waals surface area contributed by atoms with E-state index in [-0.39, 0.29) is 12.5 Å². The number of esters is 1. The van der Waals surface area contributed by atoms with Crippen molar-refractivity contribution in [1.29, 1.82) is 0 Å². The van der Waals surface area contributed by atoms with E-state index in [4.69, 9.17) is 4.74 Å². The second-order valence-corrected chi connectivity index (χ2v) is 2.45. The van der Waals surface area contributed by atoms with Crippen LogP contribution in [0.3, 0.4) is 0 Å². The van der Waals surface area contributed by atoms with Crippen molar-refractivity contribution in [1.82, 2.24) is 4.98 Å². The Morgan fingerprint density at radius 1 is 1.62 bits per heavy atom. The number of H-pyrrole nitrogens is 1. The average Bonchev–Trinajstić information content (AvgIpc) is 2.48. The molecule has 1 heterocycles. The number of aromatic hydroxyl groups is 1. The molecule has 5 heteroatoms. The second kappa shape index (κ2) is 3.95. The molecule has 0 fully saturated rings. The molecule has 2 N–H and O–H groups in total. The smallest absolute Gasteiger partial charge is 0.339 e. The van der Waals surface area contributed by atoms with E-state index in [0.717, 1.165) is 0 Å². The maximum atomic E-state index is 11.1. The van der Waals surface area contributed by atoms with Gasteiger partial charge in [-0.15, -0.1) is 0 Å². The van der Waals surface area contributed by atoms with Crippen LogP contribution in [-0.4, -0.2) is 30.3 Å². The van der Waals surface area contributed by atoms with Crippen LogP contribution < -0.4 is 0 Å². The summed E-state index contributed by atoms with van der Waals surface area (Å²) in [6.07, 6.45) is 1.38. The standard InChI is InChI=1S/C8H11NO4/c1-12-4-6-5(8(11)13-2)3-9-7(6)10/h3,9-10H,4H2,1-2H3. The second-order valence-electron chi connectivity index (χ2n) is 2.45. The van der Waals surface area contributed by atoms with Gasteiger partial charge in [-0.2, -0.15) is 0 Å². The number of rotatable bonds is 3. The summed E-state index contributed by atoms with van der Waals surface area (Å²) in [5.74, 6) is -0.564. The lowest BCUT2D eigenvalue weighted by atomic mass is 10.2. The topological polar surface area (TPSA) is 71.5 Å². The minimum atomic E-state index is -0.497. The zero-order chi connectivity index (χ0) is 9.84. The molecule has 1 rings (SSSR count). The first-order chi connectivity index (χ1) is 6.20. The molecule has 0 amide bonds. The number of aromatic amines is 1.